The number of ether oxygens (including phenoxy) is 1. The molecule has 0 spiro atoms. The van der Waals surface area contributed by atoms with Crippen LogP contribution in [0.3, 0.4) is 0 Å². The van der Waals surface area contributed by atoms with E-state index in [2.05, 4.69) is 15.5 Å². The Morgan fingerprint density at radius 3 is 2.72 bits per heavy atom. The number of rotatable bonds is 6. The molecule has 2 N–H and O–H groups in total. The normalized spacial score (nSPS) is 11.3. The highest BCUT2D eigenvalue weighted by Crippen LogP contribution is 2.22. The van der Waals surface area contributed by atoms with Gasteiger partial charge in [-0.2, -0.15) is 18.3 Å². The lowest BCUT2D eigenvalue weighted by Gasteiger charge is -2.11. The van der Waals surface area contributed by atoms with Crippen molar-refractivity contribution < 1.29 is 22.7 Å². The van der Waals surface area contributed by atoms with Crippen LogP contribution < -0.4 is 10.1 Å². The van der Waals surface area contributed by atoms with Crippen molar-refractivity contribution in [2.75, 3.05) is 11.9 Å². The van der Waals surface area contributed by atoms with E-state index in [1.807, 2.05) is 31.2 Å². The SMILES string of the molecule is Cc1cccc(-c2n[nH]c(=S)n2CC(=O)Nc2cccc(OCC(F)(F)F)c2)c1. The standard InChI is InChI=1S/C19H17F3N4O2S/c1-12-4-2-5-13(8-12)17-24-25-18(29)26(17)10-16(27)23-14-6-3-7-15(9-14)28-11-19(20,21)22/h2-9H,10-11H2,1H3,(H,23,27)(H,25,29). The number of nitrogens with zero attached hydrogens (tertiary/aromatic N) is 2. The van der Waals surface area contributed by atoms with Gasteiger partial charge in [-0.3, -0.25) is 14.5 Å². The van der Waals surface area contributed by atoms with Crippen molar-refractivity contribution in [2.45, 2.75) is 19.6 Å². The molecule has 10 heteroatoms. The number of aryl methyl sites for hydroxylation is 1. The number of hydrogen-bond donors (Lipinski definition) is 2. The summed E-state index contributed by atoms with van der Waals surface area (Å²) in [6.45, 7) is 0.413. The van der Waals surface area contributed by atoms with Crippen molar-refractivity contribution in [3.8, 4) is 17.1 Å². The number of nitrogens with one attached hydrogen (secondary N) is 2. The third kappa shape index (κ3) is 5.67. The number of aromatic amines is 1. The van der Waals surface area contributed by atoms with Gasteiger partial charge in [0.1, 0.15) is 12.3 Å². The molecule has 152 valence electrons. The average Bonchev–Trinajstić information content (AvgIpc) is 3.00. The molecular weight excluding hydrogens is 405 g/mol. The molecule has 0 unspecified atom stereocenters. The number of anilines is 1. The number of carbonyl (C=O) groups excluding carboxylic acids is 1. The summed E-state index contributed by atoms with van der Waals surface area (Å²) in [4.78, 5) is 12.5. The van der Waals surface area contributed by atoms with Gasteiger partial charge in [-0.15, -0.1) is 0 Å². The monoisotopic (exact) mass is 422 g/mol. The lowest BCUT2D eigenvalue weighted by Crippen LogP contribution is -2.20. The van der Waals surface area contributed by atoms with Crippen molar-refractivity contribution in [1.29, 1.82) is 0 Å². The van der Waals surface area contributed by atoms with Crippen molar-refractivity contribution in [2.24, 2.45) is 0 Å². The lowest BCUT2D eigenvalue weighted by atomic mass is 10.1. The minimum atomic E-state index is -4.44. The molecule has 1 aromatic heterocycles. The molecule has 0 atom stereocenters. The highest BCUT2D eigenvalue weighted by atomic mass is 32.1. The van der Waals surface area contributed by atoms with Gasteiger partial charge >= 0.3 is 6.18 Å². The molecular formula is C19H17F3N4O2S. The van der Waals surface area contributed by atoms with E-state index >= 15 is 0 Å². The largest absolute Gasteiger partial charge is 0.484 e. The number of hydrogen-bond acceptors (Lipinski definition) is 4. The fourth-order valence-electron chi connectivity index (χ4n) is 2.64. The number of aromatic nitrogens is 3. The molecule has 6 nitrogen and oxygen atoms in total. The maximum absolute atomic E-state index is 12.5. The number of amides is 1. The van der Waals surface area contributed by atoms with Gasteiger partial charge in [-0.25, -0.2) is 0 Å². The number of alkyl halides is 3. The first-order chi connectivity index (χ1) is 13.7. The molecule has 3 rings (SSSR count). The Labute approximate surface area is 169 Å². The summed E-state index contributed by atoms with van der Waals surface area (Å²) in [5, 5.41) is 9.49. The van der Waals surface area contributed by atoms with Crippen LogP contribution in [0.25, 0.3) is 11.4 Å². The molecule has 0 saturated heterocycles. The molecule has 0 aliphatic rings. The Bertz CT molecular complexity index is 1080. The zero-order valence-corrected chi connectivity index (χ0v) is 16.1. The van der Waals surface area contributed by atoms with E-state index in [0.29, 0.717) is 11.5 Å². The van der Waals surface area contributed by atoms with Crippen LogP contribution >= 0.6 is 12.2 Å². The Morgan fingerprint density at radius 1 is 1.24 bits per heavy atom. The number of H-pyrrole nitrogens is 1. The fourth-order valence-corrected chi connectivity index (χ4v) is 2.84. The first-order valence-corrected chi connectivity index (χ1v) is 8.94. The van der Waals surface area contributed by atoms with E-state index < -0.39 is 18.7 Å². The summed E-state index contributed by atoms with van der Waals surface area (Å²) in [7, 11) is 0. The quantitative estimate of drug-likeness (QED) is 0.574. The Morgan fingerprint density at radius 2 is 2.00 bits per heavy atom. The van der Waals surface area contributed by atoms with E-state index in [4.69, 9.17) is 17.0 Å². The van der Waals surface area contributed by atoms with E-state index in [9.17, 15) is 18.0 Å². The van der Waals surface area contributed by atoms with Crippen molar-refractivity contribution in [3.05, 3.63) is 58.9 Å². The van der Waals surface area contributed by atoms with Gasteiger partial charge in [-0.05, 0) is 37.3 Å². The van der Waals surface area contributed by atoms with Gasteiger partial charge in [0.05, 0.1) is 0 Å². The number of benzene rings is 2. The van der Waals surface area contributed by atoms with Gasteiger partial charge < -0.3 is 10.1 Å². The molecule has 2 aromatic carbocycles. The smallest absolute Gasteiger partial charge is 0.422 e. The first-order valence-electron chi connectivity index (χ1n) is 8.53. The third-order valence-corrected chi connectivity index (χ3v) is 4.17. The van der Waals surface area contributed by atoms with Crippen LogP contribution in [0.5, 0.6) is 5.75 Å². The van der Waals surface area contributed by atoms with Crippen LogP contribution in [0.15, 0.2) is 48.5 Å². The molecule has 29 heavy (non-hydrogen) atoms. The molecule has 0 radical (unpaired) electrons. The van der Waals surface area contributed by atoms with E-state index in [1.54, 1.807) is 10.6 Å². The highest BCUT2D eigenvalue weighted by molar-refractivity contribution is 7.71. The predicted molar refractivity (Wildman–Crippen MR) is 104 cm³/mol. The van der Waals surface area contributed by atoms with Crippen molar-refractivity contribution in [1.82, 2.24) is 14.8 Å². The van der Waals surface area contributed by atoms with Crippen LogP contribution in [0.1, 0.15) is 5.56 Å². The second-order valence-electron chi connectivity index (χ2n) is 6.29. The molecule has 0 saturated carbocycles. The summed E-state index contributed by atoms with van der Waals surface area (Å²) in [5.74, 6) is 0.0981. The average molecular weight is 422 g/mol. The summed E-state index contributed by atoms with van der Waals surface area (Å²) in [6.07, 6.45) is -4.44. The number of carbonyl (C=O) groups is 1. The summed E-state index contributed by atoms with van der Waals surface area (Å²) >= 11 is 5.22. The minimum absolute atomic E-state index is 0.000460. The first kappa shape index (κ1) is 20.6. The molecule has 1 heterocycles. The second-order valence-corrected chi connectivity index (χ2v) is 6.67. The highest BCUT2D eigenvalue weighted by Gasteiger charge is 2.28. The van der Waals surface area contributed by atoms with Crippen molar-refractivity contribution >= 4 is 23.8 Å². The van der Waals surface area contributed by atoms with Crippen LogP contribution in [-0.4, -0.2) is 33.5 Å². The van der Waals surface area contributed by atoms with Gasteiger partial charge in [0.15, 0.2) is 17.2 Å². The zero-order valence-electron chi connectivity index (χ0n) is 15.3. The maximum Gasteiger partial charge on any atom is 0.422 e. The molecule has 0 aliphatic carbocycles. The van der Waals surface area contributed by atoms with E-state index in [1.165, 1.54) is 18.2 Å². The fraction of sp³-hybridized carbons (Fsp3) is 0.211. The topological polar surface area (TPSA) is 71.9 Å². The van der Waals surface area contributed by atoms with E-state index in [0.717, 1.165) is 11.1 Å². The Hall–Kier alpha value is -3.14. The van der Waals surface area contributed by atoms with Crippen LogP contribution in [-0.2, 0) is 11.3 Å². The molecule has 0 aliphatic heterocycles. The van der Waals surface area contributed by atoms with Gasteiger partial charge in [0.25, 0.3) is 0 Å². The van der Waals surface area contributed by atoms with Gasteiger partial charge in [0, 0.05) is 17.3 Å². The summed E-state index contributed by atoms with van der Waals surface area (Å²) < 4.78 is 43.4. The molecule has 3 aromatic rings. The molecule has 0 fully saturated rings. The number of halogens is 3. The lowest BCUT2D eigenvalue weighted by molar-refractivity contribution is -0.153. The van der Waals surface area contributed by atoms with E-state index in [-0.39, 0.29) is 17.1 Å². The summed E-state index contributed by atoms with van der Waals surface area (Å²) in [6, 6.07) is 13.3. The molecule has 1 amide bonds. The van der Waals surface area contributed by atoms with Crippen LogP contribution in [0, 0.1) is 11.7 Å². The third-order valence-electron chi connectivity index (χ3n) is 3.86. The van der Waals surface area contributed by atoms with Crippen LogP contribution in [0.2, 0.25) is 0 Å². The van der Waals surface area contributed by atoms with Gasteiger partial charge in [-0.1, -0.05) is 29.8 Å². The second kappa shape index (κ2) is 8.48. The van der Waals surface area contributed by atoms with Crippen molar-refractivity contribution in [3.63, 3.8) is 0 Å². The predicted octanol–water partition coefficient (Wildman–Crippen LogP) is 4.50. The summed E-state index contributed by atoms with van der Waals surface area (Å²) in [5.41, 5.74) is 2.14. The van der Waals surface area contributed by atoms with Gasteiger partial charge in [0.2, 0.25) is 5.91 Å². The Kier molecular flexibility index (Phi) is 6.02. The zero-order chi connectivity index (χ0) is 21.0. The minimum Gasteiger partial charge on any atom is -0.484 e. The molecule has 0 bridgehead atoms. The maximum atomic E-state index is 12.5. The Balaban J connectivity index is 1.72. The van der Waals surface area contributed by atoms with Crippen LogP contribution in [0.4, 0.5) is 18.9 Å².